The normalized spacial score (nSPS) is 11.4. The Morgan fingerprint density at radius 3 is 2.48 bits per heavy atom. The molecule has 0 radical (unpaired) electrons. The summed E-state index contributed by atoms with van der Waals surface area (Å²) >= 11 is 0. The Labute approximate surface area is 135 Å². The molecule has 0 heterocycles. The molecule has 23 heavy (non-hydrogen) atoms. The third-order valence-electron chi connectivity index (χ3n) is 3.37. The molecule has 0 spiro atoms. The molecule has 1 N–H and O–H groups in total. The lowest BCUT2D eigenvalue weighted by Crippen LogP contribution is -2.37. The number of halogens is 2. The molecule has 0 aliphatic rings. The summed E-state index contributed by atoms with van der Waals surface area (Å²) in [7, 11) is 3.80. The number of hydrogen-bond acceptors (Lipinski definition) is 1. The fourth-order valence-electron chi connectivity index (χ4n) is 2.14. The zero-order chi connectivity index (χ0) is 16.7. The Morgan fingerprint density at radius 2 is 1.83 bits per heavy atom. The van der Waals surface area contributed by atoms with Crippen LogP contribution in [0.1, 0.15) is 11.1 Å². The van der Waals surface area contributed by atoms with E-state index in [-0.39, 0.29) is 0 Å². The predicted octanol–water partition coefficient (Wildman–Crippen LogP) is 3.21. The van der Waals surface area contributed by atoms with E-state index in [1.807, 2.05) is 49.3 Å². The average molecular weight is 317 g/mol. The van der Waals surface area contributed by atoms with Gasteiger partial charge >= 0.3 is 0 Å². The van der Waals surface area contributed by atoms with Crippen LogP contribution >= 0.6 is 0 Å². The standard InChI is InChI=1S/C18H21F2N3/c1-23(2)18(22-13-14-6-4-3-5-7-14)21-11-10-15-8-9-16(19)12-17(15)20/h3-9,12H,10-11,13H2,1-2H3,(H,21,22). The topological polar surface area (TPSA) is 27.6 Å². The molecule has 0 atom stereocenters. The van der Waals surface area contributed by atoms with Crippen LogP contribution in [0, 0.1) is 11.6 Å². The molecular weight excluding hydrogens is 296 g/mol. The molecule has 0 unspecified atom stereocenters. The minimum atomic E-state index is -0.558. The highest BCUT2D eigenvalue weighted by atomic mass is 19.1. The molecule has 0 saturated carbocycles. The molecule has 0 amide bonds. The van der Waals surface area contributed by atoms with Crippen LogP contribution in [-0.2, 0) is 13.0 Å². The van der Waals surface area contributed by atoms with Crippen molar-refractivity contribution in [1.29, 1.82) is 0 Å². The van der Waals surface area contributed by atoms with E-state index in [4.69, 9.17) is 0 Å². The van der Waals surface area contributed by atoms with Crippen molar-refractivity contribution in [2.24, 2.45) is 4.99 Å². The van der Waals surface area contributed by atoms with Crippen molar-refractivity contribution >= 4 is 5.96 Å². The summed E-state index contributed by atoms with van der Waals surface area (Å²) in [6.07, 6.45) is 0.463. The van der Waals surface area contributed by atoms with Crippen molar-refractivity contribution in [3.05, 3.63) is 71.3 Å². The predicted molar refractivity (Wildman–Crippen MR) is 89.3 cm³/mol. The SMILES string of the molecule is CN(C)C(=NCc1ccccc1)NCCc1ccc(F)cc1F. The second-order valence-electron chi connectivity index (χ2n) is 5.43. The molecule has 0 bridgehead atoms. The van der Waals surface area contributed by atoms with Crippen molar-refractivity contribution in [3.8, 4) is 0 Å². The maximum absolute atomic E-state index is 13.6. The molecule has 2 aromatic rings. The van der Waals surface area contributed by atoms with Gasteiger partial charge in [0.05, 0.1) is 6.54 Å². The summed E-state index contributed by atoms with van der Waals surface area (Å²) in [4.78, 5) is 6.42. The summed E-state index contributed by atoms with van der Waals surface area (Å²) in [6.45, 7) is 1.10. The Balaban J connectivity index is 1.92. The van der Waals surface area contributed by atoms with E-state index in [0.29, 0.717) is 25.1 Å². The van der Waals surface area contributed by atoms with Gasteiger partial charge in [0, 0.05) is 26.7 Å². The number of aliphatic imine (C=N–C) groups is 1. The van der Waals surface area contributed by atoms with Crippen LogP contribution in [0.15, 0.2) is 53.5 Å². The smallest absolute Gasteiger partial charge is 0.193 e. The highest BCUT2D eigenvalue weighted by Gasteiger charge is 2.05. The van der Waals surface area contributed by atoms with Gasteiger partial charge in [-0.3, -0.25) is 0 Å². The van der Waals surface area contributed by atoms with Crippen LogP contribution in [0.25, 0.3) is 0 Å². The fraction of sp³-hybridized carbons (Fsp3) is 0.278. The van der Waals surface area contributed by atoms with Crippen molar-refractivity contribution < 1.29 is 8.78 Å². The average Bonchev–Trinajstić information content (AvgIpc) is 2.53. The zero-order valence-electron chi connectivity index (χ0n) is 13.4. The third kappa shape index (κ3) is 5.36. The highest BCUT2D eigenvalue weighted by molar-refractivity contribution is 5.79. The van der Waals surface area contributed by atoms with Gasteiger partial charge in [-0.15, -0.1) is 0 Å². The number of nitrogens with zero attached hydrogens (tertiary/aromatic N) is 2. The van der Waals surface area contributed by atoms with Crippen LogP contribution in [0.2, 0.25) is 0 Å². The third-order valence-corrected chi connectivity index (χ3v) is 3.37. The van der Waals surface area contributed by atoms with Gasteiger partial charge in [0.15, 0.2) is 5.96 Å². The molecule has 5 heteroatoms. The fourth-order valence-corrected chi connectivity index (χ4v) is 2.14. The first-order valence-electron chi connectivity index (χ1n) is 7.50. The van der Waals surface area contributed by atoms with Crippen LogP contribution < -0.4 is 5.32 Å². The summed E-state index contributed by atoms with van der Waals surface area (Å²) in [5.41, 5.74) is 1.61. The van der Waals surface area contributed by atoms with E-state index < -0.39 is 11.6 Å². The summed E-state index contributed by atoms with van der Waals surface area (Å²) < 4.78 is 26.5. The molecule has 2 aromatic carbocycles. The summed E-state index contributed by atoms with van der Waals surface area (Å²) in [5.74, 6) is -0.339. The van der Waals surface area contributed by atoms with Gasteiger partial charge in [-0.05, 0) is 23.6 Å². The number of rotatable bonds is 5. The first-order valence-corrected chi connectivity index (χ1v) is 7.50. The Kier molecular flexibility index (Phi) is 6.09. The molecule has 0 aliphatic heterocycles. The molecule has 0 aliphatic carbocycles. The van der Waals surface area contributed by atoms with E-state index in [1.54, 1.807) is 0 Å². The number of hydrogen-bond donors (Lipinski definition) is 1. The molecule has 3 nitrogen and oxygen atoms in total. The van der Waals surface area contributed by atoms with Crippen LogP contribution in [-0.4, -0.2) is 31.5 Å². The van der Waals surface area contributed by atoms with Gasteiger partial charge in [0.2, 0.25) is 0 Å². The molecule has 122 valence electrons. The van der Waals surface area contributed by atoms with Gasteiger partial charge in [-0.25, -0.2) is 13.8 Å². The van der Waals surface area contributed by atoms with E-state index in [1.165, 1.54) is 12.1 Å². The molecule has 0 aromatic heterocycles. The van der Waals surface area contributed by atoms with E-state index in [0.717, 1.165) is 17.6 Å². The second-order valence-corrected chi connectivity index (χ2v) is 5.43. The van der Waals surface area contributed by atoms with Crippen molar-refractivity contribution in [2.45, 2.75) is 13.0 Å². The van der Waals surface area contributed by atoms with E-state index in [2.05, 4.69) is 10.3 Å². The lowest BCUT2D eigenvalue weighted by Gasteiger charge is -2.17. The van der Waals surface area contributed by atoms with Crippen molar-refractivity contribution in [1.82, 2.24) is 10.2 Å². The van der Waals surface area contributed by atoms with Crippen LogP contribution in [0.3, 0.4) is 0 Å². The van der Waals surface area contributed by atoms with Gasteiger partial charge < -0.3 is 10.2 Å². The summed E-state index contributed by atoms with van der Waals surface area (Å²) in [5, 5.41) is 3.20. The zero-order valence-corrected chi connectivity index (χ0v) is 13.4. The van der Waals surface area contributed by atoms with Crippen molar-refractivity contribution in [2.75, 3.05) is 20.6 Å². The molecule has 0 saturated heterocycles. The first kappa shape index (κ1) is 16.9. The maximum Gasteiger partial charge on any atom is 0.193 e. The monoisotopic (exact) mass is 317 g/mol. The lowest BCUT2D eigenvalue weighted by molar-refractivity contribution is 0.562. The van der Waals surface area contributed by atoms with Gasteiger partial charge in [0.25, 0.3) is 0 Å². The Bertz CT molecular complexity index is 655. The van der Waals surface area contributed by atoms with E-state index >= 15 is 0 Å². The summed E-state index contributed by atoms with van der Waals surface area (Å²) in [6, 6.07) is 13.6. The van der Waals surface area contributed by atoms with Gasteiger partial charge in [-0.2, -0.15) is 0 Å². The van der Waals surface area contributed by atoms with Crippen molar-refractivity contribution in [3.63, 3.8) is 0 Å². The minimum absolute atomic E-state index is 0.463. The number of nitrogens with one attached hydrogen (secondary N) is 1. The number of guanidine groups is 1. The lowest BCUT2D eigenvalue weighted by atomic mass is 10.1. The number of benzene rings is 2. The quantitative estimate of drug-likeness (QED) is 0.677. The van der Waals surface area contributed by atoms with E-state index in [9.17, 15) is 8.78 Å². The maximum atomic E-state index is 13.6. The molecule has 0 fully saturated rings. The highest BCUT2D eigenvalue weighted by Crippen LogP contribution is 2.09. The Hall–Kier alpha value is -2.43. The first-order chi connectivity index (χ1) is 11.1. The van der Waals surface area contributed by atoms with Crippen LogP contribution in [0.5, 0.6) is 0 Å². The Morgan fingerprint density at radius 1 is 1.09 bits per heavy atom. The van der Waals surface area contributed by atoms with Gasteiger partial charge in [0.1, 0.15) is 11.6 Å². The molecule has 2 rings (SSSR count). The molecular formula is C18H21F2N3. The van der Waals surface area contributed by atoms with Crippen LogP contribution in [0.4, 0.5) is 8.78 Å². The second kappa shape index (κ2) is 8.27. The van der Waals surface area contributed by atoms with Gasteiger partial charge in [-0.1, -0.05) is 36.4 Å². The minimum Gasteiger partial charge on any atom is -0.356 e. The largest absolute Gasteiger partial charge is 0.356 e.